The number of ether oxygens (including phenoxy) is 1. The second-order valence-corrected chi connectivity index (χ2v) is 5.80. The number of imidazole rings is 1. The number of hydrogen-bond donors (Lipinski definition) is 1. The van der Waals surface area contributed by atoms with Gasteiger partial charge in [-0.2, -0.15) is 0 Å². The smallest absolute Gasteiger partial charge is 0.203 e. The molecule has 3 rings (SSSR count). The molecule has 0 amide bonds. The van der Waals surface area contributed by atoms with Crippen LogP contribution in [0.1, 0.15) is 13.3 Å². The molecule has 0 saturated heterocycles. The van der Waals surface area contributed by atoms with E-state index in [0.717, 1.165) is 24.0 Å². The maximum absolute atomic E-state index is 8.45. The van der Waals surface area contributed by atoms with Crippen LogP contribution in [0, 0.1) is 5.41 Å². The highest BCUT2D eigenvalue weighted by Crippen LogP contribution is 2.23. The summed E-state index contributed by atoms with van der Waals surface area (Å²) in [5.41, 5.74) is 2.67. The van der Waals surface area contributed by atoms with Crippen LogP contribution in [0.5, 0.6) is 5.75 Å². The van der Waals surface area contributed by atoms with Gasteiger partial charge in [0.25, 0.3) is 0 Å². The molecule has 0 spiro atoms. The lowest BCUT2D eigenvalue weighted by Crippen LogP contribution is -3.00. The highest BCUT2D eigenvalue weighted by atomic mass is 79.9. The van der Waals surface area contributed by atoms with Gasteiger partial charge in [-0.25, -0.2) is 0 Å². The van der Waals surface area contributed by atoms with Crippen molar-refractivity contribution in [2.24, 2.45) is 0 Å². The summed E-state index contributed by atoms with van der Waals surface area (Å²) >= 11 is 6.10. The first-order chi connectivity index (χ1) is 11.2. The maximum atomic E-state index is 8.45. The number of rotatable bonds is 6. The third-order valence-electron chi connectivity index (χ3n) is 3.83. The molecule has 0 bridgehead atoms. The zero-order valence-electron chi connectivity index (χ0n) is 13.5. The van der Waals surface area contributed by atoms with E-state index in [2.05, 4.69) is 19.1 Å². The van der Waals surface area contributed by atoms with Gasteiger partial charge in [-0.15, -0.1) is 0 Å². The highest BCUT2D eigenvalue weighted by Gasteiger charge is 2.10. The molecule has 0 atom stereocenters. The van der Waals surface area contributed by atoms with Crippen molar-refractivity contribution in [3.8, 4) is 5.75 Å². The van der Waals surface area contributed by atoms with Gasteiger partial charge >= 0.3 is 0 Å². The van der Waals surface area contributed by atoms with Crippen LogP contribution in [0.25, 0.3) is 11.0 Å². The van der Waals surface area contributed by atoms with E-state index in [0.29, 0.717) is 29.5 Å². The standard InChI is InChI=1S/C18H20ClN3O.BrH/c1-2-11-21-15-8-4-5-9-16(15)22(18(21)20)12-13-23-17-10-6-3-7-14(17)19;/h3-10,20H,2,11-13H2,1H3;1H/p-1. The van der Waals surface area contributed by atoms with Gasteiger partial charge in [0, 0.05) is 6.54 Å². The Labute approximate surface area is 156 Å². The summed E-state index contributed by atoms with van der Waals surface area (Å²) in [4.78, 5) is 0. The minimum atomic E-state index is 0. The van der Waals surface area contributed by atoms with Crippen LogP contribution in [-0.4, -0.2) is 15.7 Å². The Balaban J connectivity index is 0.00000208. The van der Waals surface area contributed by atoms with Crippen LogP contribution in [0.15, 0.2) is 48.5 Å². The predicted octanol–water partition coefficient (Wildman–Crippen LogP) is 1.07. The number of nitrogens with one attached hydrogen (secondary N) is 1. The Morgan fingerprint density at radius 1 is 0.958 bits per heavy atom. The van der Waals surface area contributed by atoms with E-state index < -0.39 is 0 Å². The molecule has 0 radical (unpaired) electrons. The van der Waals surface area contributed by atoms with Crippen LogP contribution >= 0.6 is 11.6 Å². The number of para-hydroxylation sites is 3. The fourth-order valence-electron chi connectivity index (χ4n) is 2.78. The van der Waals surface area contributed by atoms with Crippen LogP contribution in [-0.2, 0) is 13.1 Å². The number of nitrogens with zero attached hydrogens (tertiary/aromatic N) is 2. The maximum Gasteiger partial charge on any atom is 0.203 e. The highest BCUT2D eigenvalue weighted by molar-refractivity contribution is 6.32. The predicted molar refractivity (Wildman–Crippen MR) is 93.0 cm³/mol. The second kappa shape index (κ2) is 8.40. The lowest BCUT2D eigenvalue weighted by atomic mass is 10.3. The quantitative estimate of drug-likeness (QED) is 0.650. The van der Waals surface area contributed by atoms with E-state index in [4.69, 9.17) is 21.7 Å². The topological polar surface area (TPSA) is 42.9 Å². The van der Waals surface area contributed by atoms with E-state index >= 15 is 0 Å². The first-order valence-corrected chi connectivity index (χ1v) is 8.20. The summed E-state index contributed by atoms with van der Waals surface area (Å²) in [6.45, 7) is 4.05. The average molecular weight is 410 g/mol. The van der Waals surface area contributed by atoms with Crippen molar-refractivity contribution in [2.75, 3.05) is 6.61 Å². The molecular formula is C18H20BrClN3O-. The molecular weight excluding hydrogens is 390 g/mol. The fourth-order valence-corrected chi connectivity index (χ4v) is 2.97. The Hall–Kier alpha value is -1.72. The van der Waals surface area contributed by atoms with Gasteiger partial charge in [-0.3, -0.25) is 5.41 Å². The van der Waals surface area contributed by atoms with Crippen molar-refractivity contribution in [1.82, 2.24) is 9.13 Å². The molecule has 24 heavy (non-hydrogen) atoms. The molecule has 2 aromatic carbocycles. The Kier molecular flexibility index (Phi) is 6.52. The minimum absolute atomic E-state index is 0. The molecule has 0 aliphatic heterocycles. The Morgan fingerprint density at radius 3 is 2.17 bits per heavy atom. The number of aromatic nitrogens is 2. The number of aryl methyl sites for hydroxylation is 1. The van der Waals surface area contributed by atoms with E-state index in [1.54, 1.807) is 0 Å². The van der Waals surface area contributed by atoms with E-state index in [1.807, 2.05) is 45.5 Å². The van der Waals surface area contributed by atoms with Gasteiger partial charge in [-0.05, 0) is 30.7 Å². The molecule has 0 fully saturated rings. The van der Waals surface area contributed by atoms with Gasteiger partial charge in [0.15, 0.2) is 0 Å². The van der Waals surface area contributed by atoms with Crippen molar-refractivity contribution in [3.63, 3.8) is 0 Å². The molecule has 0 aliphatic rings. The number of halogens is 2. The zero-order chi connectivity index (χ0) is 16.2. The van der Waals surface area contributed by atoms with Gasteiger partial charge < -0.3 is 30.9 Å². The molecule has 0 saturated carbocycles. The van der Waals surface area contributed by atoms with Crippen LogP contribution in [0.4, 0.5) is 0 Å². The SMILES string of the molecule is CCCn1c(=N)n(CCOc2ccccc2Cl)c2ccccc21.[Br-]. The second-order valence-electron chi connectivity index (χ2n) is 5.39. The number of fused-ring (bicyclic) bond motifs is 1. The first kappa shape index (κ1) is 18.6. The van der Waals surface area contributed by atoms with Crippen LogP contribution < -0.4 is 27.3 Å². The fraction of sp³-hybridized carbons (Fsp3) is 0.278. The van der Waals surface area contributed by atoms with Crippen LogP contribution in [0.2, 0.25) is 5.02 Å². The molecule has 1 heterocycles. The third-order valence-corrected chi connectivity index (χ3v) is 4.14. The normalized spacial score (nSPS) is 10.6. The van der Waals surface area contributed by atoms with E-state index in [-0.39, 0.29) is 17.0 Å². The van der Waals surface area contributed by atoms with Crippen LogP contribution in [0.3, 0.4) is 0 Å². The summed E-state index contributed by atoms with van der Waals surface area (Å²) in [6, 6.07) is 15.6. The Morgan fingerprint density at radius 2 is 1.54 bits per heavy atom. The summed E-state index contributed by atoms with van der Waals surface area (Å²) in [5, 5.41) is 9.06. The molecule has 6 heteroatoms. The third kappa shape index (κ3) is 3.68. The summed E-state index contributed by atoms with van der Waals surface area (Å²) in [5.74, 6) is 0.679. The summed E-state index contributed by atoms with van der Waals surface area (Å²) < 4.78 is 9.80. The van der Waals surface area contributed by atoms with E-state index in [1.165, 1.54) is 0 Å². The lowest BCUT2D eigenvalue weighted by Gasteiger charge is -2.09. The van der Waals surface area contributed by atoms with Crippen molar-refractivity contribution in [2.45, 2.75) is 26.4 Å². The monoisotopic (exact) mass is 408 g/mol. The summed E-state index contributed by atoms with van der Waals surface area (Å²) in [7, 11) is 0. The largest absolute Gasteiger partial charge is 1.00 e. The van der Waals surface area contributed by atoms with Gasteiger partial charge in [-0.1, -0.05) is 42.8 Å². The lowest BCUT2D eigenvalue weighted by molar-refractivity contribution is -0.00000530. The van der Waals surface area contributed by atoms with Gasteiger partial charge in [0.2, 0.25) is 5.62 Å². The molecule has 4 nitrogen and oxygen atoms in total. The molecule has 0 aliphatic carbocycles. The molecule has 1 aromatic heterocycles. The van der Waals surface area contributed by atoms with Crippen molar-refractivity contribution >= 4 is 22.6 Å². The van der Waals surface area contributed by atoms with Crippen molar-refractivity contribution in [1.29, 1.82) is 5.41 Å². The zero-order valence-corrected chi connectivity index (χ0v) is 15.8. The number of benzene rings is 2. The number of hydrogen-bond acceptors (Lipinski definition) is 2. The van der Waals surface area contributed by atoms with E-state index in [9.17, 15) is 0 Å². The molecule has 0 unspecified atom stereocenters. The van der Waals surface area contributed by atoms with Crippen molar-refractivity contribution in [3.05, 3.63) is 59.2 Å². The summed E-state index contributed by atoms with van der Waals surface area (Å²) in [6.07, 6.45) is 1.00. The minimum Gasteiger partial charge on any atom is -1.00 e. The molecule has 128 valence electrons. The van der Waals surface area contributed by atoms with Gasteiger partial charge in [0.1, 0.15) is 12.4 Å². The Bertz CT molecular complexity index is 872. The first-order valence-electron chi connectivity index (χ1n) is 7.82. The van der Waals surface area contributed by atoms with Crippen molar-refractivity contribution < 1.29 is 21.7 Å². The molecule has 3 aromatic rings. The average Bonchev–Trinajstić information content (AvgIpc) is 2.83. The molecule has 1 N–H and O–H groups in total. The van der Waals surface area contributed by atoms with Gasteiger partial charge in [0.05, 0.1) is 22.6 Å².